The molecular weight excluding hydrogens is 140 g/mol. The maximum absolute atomic E-state index is 5.48. The summed E-state index contributed by atoms with van der Waals surface area (Å²) in [6.07, 6.45) is 3.44. The van der Waals surface area contributed by atoms with Gasteiger partial charge in [-0.25, -0.2) is 0 Å². The van der Waals surface area contributed by atoms with Gasteiger partial charge in [0, 0.05) is 11.1 Å². The number of hydrogen-bond donors (Lipinski definition) is 1. The molecular formula is C6H13ClS. The standard InChI is InChI=1S/C6H13ClS/c1-2-3-6(8)4-5-7/h6,8H,2-5H2,1H3. The summed E-state index contributed by atoms with van der Waals surface area (Å²) < 4.78 is 0. The van der Waals surface area contributed by atoms with Gasteiger partial charge in [0.1, 0.15) is 0 Å². The van der Waals surface area contributed by atoms with Gasteiger partial charge in [0.25, 0.3) is 0 Å². The van der Waals surface area contributed by atoms with E-state index in [0.717, 1.165) is 12.3 Å². The molecule has 0 aromatic heterocycles. The van der Waals surface area contributed by atoms with Crippen molar-refractivity contribution in [3.05, 3.63) is 0 Å². The van der Waals surface area contributed by atoms with E-state index < -0.39 is 0 Å². The van der Waals surface area contributed by atoms with E-state index in [1.54, 1.807) is 0 Å². The maximum atomic E-state index is 5.48. The molecule has 0 aromatic carbocycles. The summed E-state index contributed by atoms with van der Waals surface area (Å²) in [4.78, 5) is 0. The van der Waals surface area contributed by atoms with Gasteiger partial charge in [-0.05, 0) is 12.8 Å². The van der Waals surface area contributed by atoms with Crippen LogP contribution in [0.15, 0.2) is 0 Å². The van der Waals surface area contributed by atoms with Crippen LogP contribution in [0, 0.1) is 0 Å². The fourth-order valence-corrected chi connectivity index (χ4v) is 1.41. The molecule has 2 heteroatoms. The van der Waals surface area contributed by atoms with Crippen molar-refractivity contribution in [3.63, 3.8) is 0 Å². The normalized spacial score (nSPS) is 13.9. The molecule has 1 unspecified atom stereocenters. The highest BCUT2D eigenvalue weighted by Crippen LogP contribution is 2.08. The summed E-state index contributed by atoms with van der Waals surface area (Å²) in [5.41, 5.74) is 0. The third-order valence-corrected chi connectivity index (χ3v) is 1.80. The van der Waals surface area contributed by atoms with E-state index >= 15 is 0 Å². The Kier molecular flexibility index (Phi) is 6.23. The molecule has 0 aromatic rings. The Morgan fingerprint density at radius 2 is 2.12 bits per heavy atom. The van der Waals surface area contributed by atoms with Crippen molar-refractivity contribution in [3.8, 4) is 0 Å². The second kappa shape index (κ2) is 5.77. The van der Waals surface area contributed by atoms with Crippen LogP contribution in [0.25, 0.3) is 0 Å². The topological polar surface area (TPSA) is 0 Å². The second-order valence-corrected chi connectivity index (χ2v) is 3.03. The first-order valence-corrected chi connectivity index (χ1v) is 4.10. The summed E-state index contributed by atoms with van der Waals surface area (Å²) in [5, 5.41) is 0.525. The number of rotatable bonds is 4. The molecule has 1 atom stereocenters. The molecule has 0 bridgehead atoms. The Morgan fingerprint density at radius 3 is 2.50 bits per heavy atom. The maximum Gasteiger partial charge on any atom is 0.0233 e. The molecule has 0 rings (SSSR count). The fraction of sp³-hybridized carbons (Fsp3) is 1.00. The first kappa shape index (κ1) is 8.64. The minimum absolute atomic E-state index is 0.525. The Labute approximate surface area is 62.0 Å². The lowest BCUT2D eigenvalue weighted by atomic mass is 10.2. The molecule has 0 aliphatic heterocycles. The summed E-state index contributed by atoms with van der Waals surface area (Å²) in [5.74, 6) is 0.744. The van der Waals surface area contributed by atoms with Crippen molar-refractivity contribution in [2.24, 2.45) is 0 Å². The van der Waals surface area contributed by atoms with E-state index in [1.807, 2.05) is 0 Å². The summed E-state index contributed by atoms with van der Waals surface area (Å²) in [6, 6.07) is 0. The lowest BCUT2D eigenvalue weighted by Gasteiger charge is -2.03. The van der Waals surface area contributed by atoms with Crippen LogP contribution in [0.1, 0.15) is 26.2 Å². The summed E-state index contributed by atoms with van der Waals surface area (Å²) in [7, 11) is 0. The predicted octanol–water partition coefficient (Wildman–Crippen LogP) is 2.71. The van der Waals surface area contributed by atoms with Crippen molar-refractivity contribution < 1.29 is 0 Å². The second-order valence-electron chi connectivity index (χ2n) is 1.92. The van der Waals surface area contributed by atoms with Crippen LogP contribution >= 0.6 is 24.2 Å². The molecule has 0 saturated carbocycles. The van der Waals surface area contributed by atoms with Gasteiger partial charge >= 0.3 is 0 Å². The molecule has 0 aliphatic carbocycles. The number of halogens is 1. The average molecular weight is 153 g/mol. The van der Waals surface area contributed by atoms with E-state index in [4.69, 9.17) is 11.6 Å². The highest BCUT2D eigenvalue weighted by molar-refractivity contribution is 7.80. The van der Waals surface area contributed by atoms with Crippen molar-refractivity contribution in [1.29, 1.82) is 0 Å². The number of hydrogen-bond acceptors (Lipinski definition) is 1. The van der Waals surface area contributed by atoms with Gasteiger partial charge in [0.15, 0.2) is 0 Å². The molecule has 0 aliphatic rings. The molecule has 0 radical (unpaired) electrons. The van der Waals surface area contributed by atoms with Crippen molar-refractivity contribution in [2.75, 3.05) is 5.88 Å². The largest absolute Gasteiger partial charge is 0.176 e. The van der Waals surface area contributed by atoms with Crippen LogP contribution in [0.4, 0.5) is 0 Å². The van der Waals surface area contributed by atoms with Crippen LogP contribution in [0.5, 0.6) is 0 Å². The van der Waals surface area contributed by atoms with E-state index in [-0.39, 0.29) is 0 Å². The minimum atomic E-state index is 0.525. The van der Waals surface area contributed by atoms with Crippen molar-refractivity contribution in [2.45, 2.75) is 31.4 Å². The zero-order valence-corrected chi connectivity index (χ0v) is 6.88. The summed E-state index contributed by atoms with van der Waals surface area (Å²) >= 11 is 9.79. The first-order chi connectivity index (χ1) is 3.81. The molecule has 0 N–H and O–H groups in total. The molecule has 0 nitrogen and oxygen atoms in total. The zero-order valence-electron chi connectivity index (χ0n) is 5.23. The van der Waals surface area contributed by atoms with Gasteiger partial charge in [-0.1, -0.05) is 13.3 Å². The smallest absolute Gasteiger partial charge is 0.0233 e. The molecule has 0 amide bonds. The van der Waals surface area contributed by atoms with Gasteiger partial charge in [-0.3, -0.25) is 0 Å². The van der Waals surface area contributed by atoms with Crippen molar-refractivity contribution >= 4 is 24.2 Å². The van der Waals surface area contributed by atoms with Crippen LogP contribution < -0.4 is 0 Å². The van der Waals surface area contributed by atoms with Crippen LogP contribution in [-0.4, -0.2) is 11.1 Å². The Hall–Kier alpha value is 0.640. The molecule has 0 fully saturated rings. The quantitative estimate of drug-likeness (QED) is 0.465. The lowest BCUT2D eigenvalue weighted by Crippen LogP contribution is -1.97. The molecule has 0 heterocycles. The number of thiol groups is 1. The van der Waals surface area contributed by atoms with Crippen LogP contribution in [0.2, 0.25) is 0 Å². The van der Waals surface area contributed by atoms with E-state index in [1.165, 1.54) is 12.8 Å². The Bertz CT molecular complexity index is 41.8. The van der Waals surface area contributed by atoms with Crippen LogP contribution in [0.3, 0.4) is 0 Å². The summed E-state index contributed by atoms with van der Waals surface area (Å²) in [6.45, 7) is 2.16. The van der Waals surface area contributed by atoms with Gasteiger partial charge in [-0.2, -0.15) is 12.6 Å². The molecule has 0 saturated heterocycles. The zero-order chi connectivity index (χ0) is 6.41. The fourth-order valence-electron chi connectivity index (χ4n) is 0.604. The van der Waals surface area contributed by atoms with Gasteiger partial charge in [0.2, 0.25) is 0 Å². The Balaban J connectivity index is 2.92. The molecule has 8 heavy (non-hydrogen) atoms. The van der Waals surface area contributed by atoms with Crippen LogP contribution in [-0.2, 0) is 0 Å². The van der Waals surface area contributed by atoms with Crippen molar-refractivity contribution in [1.82, 2.24) is 0 Å². The highest BCUT2D eigenvalue weighted by atomic mass is 35.5. The van der Waals surface area contributed by atoms with E-state index in [0.29, 0.717) is 5.25 Å². The van der Waals surface area contributed by atoms with Gasteiger partial charge in [-0.15, -0.1) is 11.6 Å². The third kappa shape index (κ3) is 4.79. The molecule has 0 spiro atoms. The predicted molar refractivity (Wildman–Crippen MR) is 43.0 cm³/mol. The van der Waals surface area contributed by atoms with Gasteiger partial charge < -0.3 is 0 Å². The minimum Gasteiger partial charge on any atom is -0.176 e. The molecule has 50 valence electrons. The highest BCUT2D eigenvalue weighted by Gasteiger charge is 1.97. The van der Waals surface area contributed by atoms with E-state index in [2.05, 4.69) is 19.6 Å². The first-order valence-electron chi connectivity index (χ1n) is 3.05. The average Bonchev–Trinajstić information content (AvgIpc) is 1.68. The Morgan fingerprint density at radius 1 is 1.50 bits per heavy atom. The lowest BCUT2D eigenvalue weighted by molar-refractivity contribution is 0.726. The third-order valence-electron chi connectivity index (χ3n) is 1.06. The van der Waals surface area contributed by atoms with E-state index in [9.17, 15) is 0 Å². The number of alkyl halides is 1. The van der Waals surface area contributed by atoms with Gasteiger partial charge in [0.05, 0.1) is 0 Å². The SMILES string of the molecule is CCCC(S)CCCl. The monoisotopic (exact) mass is 152 g/mol.